The van der Waals surface area contributed by atoms with Crippen LogP contribution >= 0.6 is 0 Å². The van der Waals surface area contributed by atoms with Crippen LogP contribution < -0.4 is 0 Å². The van der Waals surface area contributed by atoms with E-state index >= 15 is 0 Å². The van der Waals surface area contributed by atoms with E-state index in [9.17, 15) is 4.79 Å². The van der Waals surface area contributed by atoms with Gasteiger partial charge >= 0.3 is 0 Å². The topological polar surface area (TPSA) is 49.3 Å². The standard InChI is InChI=1S/C19H30N4O/c1-13(2)9-22-7-5-16-10-23(11-17(16)6-8-22)19(24)18-14(3)15(4)20-12-21-18/h12-13,16-17H,5-11H2,1-4H3/t16-,17+. The molecule has 2 aliphatic rings. The Hall–Kier alpha value is -1.49. The lowest BCUT2D eigenvalue weighted by Crippen LogP contribution is -2.33. The highest BCUT2D eigenvalue weighted by molar-refractivity contribution is 5.94. The molecule has 0 bridgehead atoms. The Bertz CT molecular complexity index is 585. The van der Waals surface area contributed by atoms with E-state index in [4.69, 9.17) is 0 Å². The van der Waals surface area contributed by atoms with Gasteiger partial charge < -0.3 is 9.80 Å². The van der Waals surface area contributed by atoms with Crippen LogP contribution in [0.3, 0.4) is 0 Å². The molecule has 1 aromatic rings. The van der Waals surface area contributed by atoms with Crippen molar-refractivity contribution in [1.29, 1.82) is 0 Å². The Kier molecular flexibility index (Phi) is 5.18. The van der Waals surface area contributed by atoms with Gasteiger partial charge in [0.2, 0.25) is 0 Å². The van der Waals surface area contributed by atoms with E-state index < -0.39 is 0 Å². The monoisotopic (exact) mass is 330 g/mol. The fourth-order valence-corrected chi connectivity index (χ4v) is 4.17. The Morgan fingerprint density at radius 2 is 1.79 bits per heavy atom. The van der Waals surface area contributed by atoms with Gasteiger partial charge in [-0.3, -0.25) is 4.79 Å². The largest absolute Gasteiger partial charge is 0.337 e. The maximum atomic E-state index is 12.9. The molecule has 1 amide bonds. The van der Waals surface area contributed by atoms with Gasteiger partial charge in [0, 0.05) is 30.9 Å². The van der Waals surface area contributed by atoms with E-state index in [1.807, 2.05) is 18.7 Å². The Morgan fingerprint density at radius 1 is 1.17 bits per heavy atom. The van der Waals surface area contributed by atoms with E-state index in [0.717, 1.165) is 30.3 Å². The number of rotatable bonds is 3. The van der Waals surface area contributed by atoms with Crippen LogP contribution in [0.4, 0.5) is 0 Å². The van der Waals surface area contributed by atoms with Crippen molar-refractivity contribution >= 4 is 5.91 Å². The van der Waals surface area contributed by atoms with Crippen molar-refractivity contribution < 1.29 is 4.79 Å². The normalized spacial score (nSPS) is 25.0. The van der Waals surface area contributed by atoms with Crippen molar-refractivity contribution in [1.82, 2.24) is 19.8 Å². The van der Waals surface area contributed by atoms with E-state index in [2.05, 4.69) is 28.7 Å². The molecule has 2 fully saturated rings. The van der Waals surface area contributed by atoms with Gasteiger partial charge in [-0.1, -0.05) is 13.8 Å². The number of aryl methyl sites for hydroxylation is 1. The summed E-state index contributed by atoms with van der Waals surface area (Å²) in [6.45, 7) is 13.8. The predicted molar refractivity (Wildman–Crippen MR) is 94.9 cm³/mol. The van der Waals surface area contributed by atoms with Gasteiger partial charge in [0.1, 0.15) is 12.0 Å². The summed E-state index contributed by atoms with van der Waals surface area (Å²) in [6.07, 6.45) is 3.93. The summed E-state index contributed by atoms with van der Waals surface area (Å²) in [4.78, 5) is 25.9. The molecule has 0 spiro atoms. The SMILES string of the molecule is Cc1ncnc(C(=O)N2C[C@H]3CCN(CC(C)C)CC[C@H]3C2)c1C. The Labute approximate surface area is 145 Å². The number of amides is 1. The third kappa shape index (κ3) is 3.61. The van der Waals surface area contributed by atoms with Crippen LogP contribution in [0.15, 0.2) is 6.33 Å². The number of carbonyl (C=O) groups is 1. The average molecular weight is 330 g/mol. The smallest absolute Gasteiger partial charge is 0.272 e. The zero-order chi connectivity index (χ0) is 17.3. The van der Waals surface area contributed by atoms with E-state index in [-0.39, 0.29) is 5.91 Å². The highest BCUT2D eigenvalue weighted by Gasteiger charge is 2.37. The molecular weight excluding hydrogens is 300 g/mol. The molecule has 0 N–H and O–H groups in total. The molecule has 2 aliphatic heterocycles. The maximum Gasteiger partial charge on any atom is 0.272 e. The van der Waals surface area contributed by atoms with E-state index in [0.29, 0.717) is 17.5 Å². The minimum absolute atomic E-state index is 0.0881. The molecular formula is C19H30N4O. The molecule has 3 rings (SSSR count). The number of carbonyl (C=O) groups excluding carboxylic acids is 1. The van der Waals surface area contributed by atoms with Gasteiger partial charge in [-0.25, -0.2) is 9.97 Å². The zero-order valence-corrected chi connectivity index (χ0v) is 15.5. The Balaban J connectivity index is 1.64. The summed E-state index contributed by atoms with van der Waals surface area (Å²) in [5.41, 5.74) is 2.39. The summed E-state index contributed by atoms with van der Waals surface area (Å²) in [5, 5.41) is 0. The van der Waals surface area contributed by atoms with E-state index in [1.165, 1.54) is 38.8 Å². The number of aromatic nitrogens is 2. The third-order valence-electron chi connectivity index (χ3n) is 5.66. The molecule has 0 saturated carbocycles. The predicted octanol–water partition coefficient (Wildman–Crippen LogP) is 2.53. The molecule has 5 heteroatoms. The van der Waals surface area contributed by atoms with Gasteiger partial charge in [0.15, 0.2) is 0 Å². The van der Waals surface area contributed by atoms with Crippen molar-refractivity contribution in [3.8, 4) is 0 Å². The minimum Gasteiger partial charge on any atom is -0.337 e. The summed E-state index contributed by atoms with van der Waals surface area (Å²) in [6, 6.07) is 0. The first-order valence-corrected chi connectivity index (χ1v) is 9.25. The second-order valence-electron chi connectivity index (χ2n) is 7.93. The number of hydrogen-bond donors (Lipinski definition) is 0. The molecule has 2 atom stereocenters. The van der Waals surface area contributed by atoms with Gasteiger partial charge in [0.25, 0.3) is 5.91 Å². The lowest BCUT2D eigenvalue weighted by Gasteiger charge is -2.23. The fraction of sp³-hybridized carbons (Fsp3) is 0.737. The van der Waals surface area contributed by atoms with Crippen molar-refractivity contribution in [2.24, 2.45) is 17.8 Å². The van der Waals surface area contributed by atoms with Gasteiger partial charge in [0.05, 0.1) is 0 Å². The molecule has 2 saturated heterocycles. The quantitative estimate of drug-likeness (QED) is 0.854. The summed E-state index contributed by atoms with van der Waals surface area (Å²) in [7, 11) is 0. The highest BCUT2D eigenvalue weighted by Crippen LogP contribution is 2.32. The molecule has 3 heterocycles. The Morgan fingerprint density at radius 3 is 2.38 bits per heavy atom. The van der Waals surface area contributed by atoms with Gasteiger partial charge in [-0.15, -0.1) is 0 Å². The lowest BCUT2D eigenvalue weighted by atomic mass is 9.92. The van der Waals surface area contributed by atoms with Crippen LogP contribution in [0, 0.1) is 31.6 Å². The fourth-order valence-electron chi connectivity index (χ4n) is 4.17. The number of likely N-dealkylation sites (tertiary alicyclic amines) is 2. The first-order valence-electron chi connectivity index (χ1n) is 9.25. The molecule has 0 aliphatic carbocycles. The highest BCUT2D eigenvalue weighted by atomic mass is 16.2. The zero-order valence-electron chi connectivity index (χ0n) is 15.5. The van der Waals surface area contributed by atoms with Crippen LogP contribution in [0.5, 0.6) is 0 Å². The molecule has 5 nitrogen and oxygen atoms in total. The van der Waals surface area contributed by atoms with Crippen LogP contribution in [-0.4, -0.2) is 58.4 Å². The first kappa shape index (κ1) is 17.3. The summed E-state index contributed by atoms with van der Waals surface area (Å²) >= 11 is 0. The van der Waals surface area contributed by atoms with Gasteiger partial charge in [-0.05, 0) is 57.5 Å². The molecule has 24 heavy (non-hydrogen) atoms. The molecule has 0 radical (unpaired) electrons. The minimum atomic E-state index is 0.0881. The summed E-state index contributed by atoms with van der Waals surface area (Å²) in [5.74, 6) is 2.11. The van der Waals surface area contributed by atoms with Crippen LogP contribution in [0.2, 0.25) is 0 Å². The molecule has 132 valence electrons. The van der Waals surface area contributed by atoms with Crippen molar-refractivity contribution in [2.45, 2.75) is 40.5 Å². The third-order valence-corrected chi connectivity index (χ3v) is 5.66. The van der Waals surface area contributed by atoms with Crippen LogP contribution in [0.25, 0.3) is 0 Å². The number of hydrogen-bond acceptors (Lipinski definition) is 4. The van der Waals surface area contributed by atoms with Gasteiger partial charge in [-0.2, -0.15) is 0 Å². The van der Waals surface area contributed by atoms with Crippen molar-refractivity contribution in [2.75, 3.05) is 32.7 Å². The summed E-state index contributed by atoms with van der Waals surface area (Å²) < 4.78 is 0. The molecule has 0 aromatic carbocycles. The van der Waals surface area contributed by atoms with Crippen LogP contribution in [0.1, 0.15) is 48.4 Å². The maximum absolute atomic E-state index is 12.9. The number of nitrogens with zero attached hydrogens (tertiary/aromatic N) is 4. The number of fused-ring (bicyclic) bond motifs is 1. The second kappa shape index (κ2) is 7.18. The molecule has 1 aromatic heterocycles. The van der Waals surface area contributed by atoms with Crippen molar-refractivity contribution in [3.05, 3.63) is 23.3 Å². The second-order valence-corrected chi connectivity index (χ2v) is 7.93. The van der Waals surface area contributed by atoms with Crippen molar-refractivity contribution in [3.63, 3.8) is 0 Å². The first-order chi connectivity index (χ1) is 11.5. The lowest BCUT2D eigenvalue weighted by molar-refractivity contribution is 0.0773. The van der Waals surface area contributed by atoms with Crippen LogP contribution in [-0.2, 0) is 0 Å². The van der Waals surface area contributed by atoms with E-state index in [1.54, 1.807) is 0 Å². The average Bonchev–Trinajstić information content (AvgIpc) is 2.86. The molecule has 0 unspecified atom stereocenters.